The van der Waals surface area contributed by atoms with Crippen molar-refractivity contribution < 1.29 is 24.0 Å². The van der Waals surface area contributed by atoms with Crippen LogP contribution in [0.1, 0.15) is 35.4 Å². The molecule has 1 aliphatic carbocycles. The average molecular weight is 358 g/mol. The predicted molar refractivity (Wildman–Crippen MR) is 92.8 cm³/mol. The molecular formula is C19H22N2O5. The van der Waals surface area contributed by atoms with Crippen LogP contribution >= 0.6 is 0 Å². The minimum absolute atomic E-state index is 0.0799. The summed E-state index contributed by atoms with van der Waals surface area (Å²) in [6.45, 7) is 3.85. The summed E-state index contributed by atoms with van der Waals surface area (Å²) in [6.07, 6.45) is 1.95. The zero-order valence-electron chi connectivity index (χ0n) is 14.9. The molecule has 1 aromatic heterocycles. The van der Waals surface area contributed by atoms with Gasteiger partial charge in [-0.05, 0) is 44.4 Å². The summed E-state index contributed by atoms with van der Waals surface area (Å²) >= 11 is 0. The molecule has 26 heavy (non-hydrogen) atoms. The van der Waals surface area contributed by atoms with E-state index >= 15 is 0 Å². The smallest absolute Gasteiger partial charge is 0.323 e. The van der Waals surface area contributed by atoms with Gasteiger partial charge in [-0.1, -0.05) is 17.3 Å². The molecule has 0 saturated heterocycles. The Labute approximate surface area is 151 Å². The first-order valence-corrected chi connectivity index (χ1v) is 8.59. The monoisotopic (exact) mass is 358 g/mol. The van der Waals surface area contributed by atoms with Gasteiger partial charge >= 0.3 is 5.97 Å². The van der Waals surface area contributed by atoms with E-state index < -0.39 is 5.97 Å². The van der Waals surface area contributed by atoms with Crippen LogP contribution in [0.5, 0.6) is 5.75 Å². The van der Waals surface area contributed by atoms with Crippen LogP contribution in [0.25, 0.3) is 0 Å². The molecular weight excluding hydrogens is 336 g/mol. The lowest BCUT2D eigenvalue weighted by molar-refractivity contribution is -0.144. The number of carbonyl (C=O) groups is 2. The van der Waals surface area contributed by atoms with E-state index in [0.717, 1.165) is 35.4 Å². The van der Waals surface area contributed by atoms with Crippen molar-refractivity contribution in [3.05, 3.63) is 46.8 Å². The van der Waals surface area contributed by atoms with Crippen LogP contribution in [0.4, 0.5) is 0 Å². The van der Waals surface area contributed by atoms with Crippen molar-refractivity contribution in [1.82, 2.24) is 10.1 Å². The van der Waals surface area contributed by atoms with Crippen LogP contribution in [-0.4, -0.2) is 39.6 Å². The molecule has 3 rings (SSSR count). The number of carbonyl (C=O) groups excluding carboxylic acids is 1. The van der Waals surface area contributed by atoms with Crippen molar-refractivity contribution in [3.63, 3.8) is 0 Å². The van der Waals surface area contributed by atoms with Crippen molar-refractivity contribution in [2.45, 2.75) is 45.8 Å². The maximum absolute atomic E-state index is 12.4. The highest BCUT2D eigenvalue weighted by Crippen LogP contribution is 2.27. The number of aryl methyl sites for hydroxylation is 2. The van der Waals surface area contributed by atoms with Gasteiger partial charge in [0.1, 0.15) is 24.7 Å². The highest BCUT2D eigenvalue weighted by atomic mass is 16.5. The SMILES string of the molecule is Cc1noc(C)c1COc1ccc(CC(=O)N(CC(=O)O)C2CC2)cc1. The van der Waals surface area contributed by atoms with Gasteiger partial charge in [0.2, 0.25) is 5.91 Å². The zero-order chi connectivity index (χ0) is 18.7. The number of hydrogen-bond donors (Lipinski definition) is 1. The molecule has 1 fully saturated rings. The zero-order valence-corrected chi connectivity index (χ0v) is 14.9. The summed E-state index contributed by atoms with van der Waals surface area (Å²) in [5.74, 6) is 0.293. The van der Waals surface area contributed by atoms with Crippen molar-refractivity contribution >= 4 is 11.9 Å². The van der Waals surface area contributed by atoms with Gasteiger partial charge < -0.3 is 19.3 Å². The molecule has 1 aliphatic rings. The number of ether oxygens (including phenoxy) is 1. The van der Waals surface area contributed by atoms with E-state index in [0.29, 0.717) is 12.4 Å². The number of amides is 1. The summed E-state index contributed by atoms with van der Waals surface area (Å²) in [4.78, 5) is 24.8. The molecule has 0 radical (unpaired) electrons. The van der Waals surface area contributed by atoms with Gasteiger partial charge in [-0.3, -0.25) is 9.59 Å². The Bertz CT molecular complexity index is 773. The fraction of sp³-hybridized carbons (Fsp3) is 0.421. The summed E-state index contributed by atoms with van der Waals surface area (Å²) in [7, 11) is 0. The maximum atomic E-state index is 12.4. The average Bonchev–Trinajstić information content (AvgIpc) is 3.39. The molecule has 1 heterocycles. The number of carboxylic acid groups (broad SMARTS) is 1. The Morgan fingerprint density at radius 2 is 1.96 bits per heavy atom. The first kappa shape index (κ1) is 18.0. The summed E-state index contributed by atoms with van der Waals surface area (Å²) in [5.41, 5.74) is 2.57. The molecule has 7 heteroatoms. The third-order valence-corrected chi connectivity index (χ3v) is 4.46. The molecule has 2 aromatic rings. The fourth-order valence-electron chi connectivity index (χ4n) is 2.80. The Balaban J connectivity index is 1.57. The van der Waals surface area contributed by atoms with Crippen molar-refractivity contribution in [3.8, 4) is 5.75 Å². The summed E-state index contributed by atoms with van der Waals surface area (Å²) in [6, 6.07) is 7.34. The Kier molecular flexibility index (Phi) is 5.25. The highest BCUT2D eigenvalue weighted by Gasteiger charge is 2.33. The van der Waals surface area contributed by atoms with Gasteiger partial charge in [0, 0.05) is 6.04 Å². The minimum atomic E-state index is -0.978. The Morgan fingerprint density at radius 1 is 1.27 bits per heavy atom. The second kappa shape index (κ2) is 7.59. The van der Waals surface area contributed by atoms with E-state index in [9.17, 15) is 9.59 Å². The molecule has 1 amide bonds. The van der Waals surface area contributed by atoms with Crippen LogP contribution in [0.15, 0.2) is 28.8 Å². The summed E-state index contributed by atoms with van der Waals surface area (Å²) in [5, 5.41) is 12.9. The first-order valence-electron chi connectivity index (χ1n) is 8.59. The van der Waals surface area contributed by atoms with Crippen LogP contribution in [-0.2, 0) is 22.6 Å². The van der Waals surface area contributed by atoms with E-state index in [1.54, 1.807) is 12.1 Å². The van der Waals surface area contributed by atoms with Gasteiger partial charge in [0.25, 0.3) is 0 Å². The van der Waals surface area contributed by atoms with Crippen LogP contribution in [0.3, 0.4) is 0 Å². The second-order valence-electron chi connectivity index (χ2n) is 6.56. The normalized spacial score (nSPS) is 13.5. The molecule has 0 unspecified atom stereocenters. The van der Waals surface area contributed by atoms with Gasteiger partial charge in [-0.2, -0.15) is 0 Å². The van der Waals surface area contributed by atoms with Crippen molar-refractivity contribution in [2.24, 2.45) is 0 Å². The van der Waals surface area contributed by atoms with Crippen LogP contribution < -0.4 is 4.74 Å². The Hall–Kier alpha value is -2.83. The lowest BCUT2D eigenvalue weighted by atomic mass is 10.1. The second-order valence-corrected chi connectivity index (χ2v) is 6.56. The minimum Gasteiger partial charge on any atom is -0.489 e. The third kappa shape index (κ3) is 4.41. The van der Waals surface area contributed by atoms with Gasteiger partial charge in [-0.25, -0.2) is 0 Å². The quantitative estimate of drug-likeness (QED) is 0.779. The molecule has 0 aliphatic heterocycles. The topological polar surface area (TPSA) is 92.9 Å². The standard InChI is InChI=1S/C19H22N2O5/c1-12-17(13(2)26-20-12)11-25-16-7-3-14(4-8-16)9-18(22)21(10-19(23)24)15-5-6-15/h3-4,7-8,15H,5-6,9-11H2,1-2H3,(H,23,24). The number of aliphatic carboxylic acids is 1. The van der Waals surface area contributed by atoms with E-state index in [-0.39, 0.29) is 24.9 Å². The molecule has 0 atom stereocenters. The molecule has 138 valence electrons. The number of aromatic nitrogens is 1. The van der Waals surface area contributed by atoms with Gasteiger partial charge in [-0.15, -0.1) is 0 Å². The van der Waals surface area contributed by atoms with Crippen molar-refractivity contribution in [2.75, 3.05) is 6.54 Å². The number of hydrogen-bond acceptors (Lipinski definition) is 5. The highest BCUT2D eigenvalue weighted by molar-refractivity contribution is 5.83. The van der Waals surface area contributed by atoms with Gasteiger partial charge in [0.15, 0.2) is 0 Å². The molecule has 0 spiro atoms. The molecule has 1 aromatic carbocycles. The molecule has 0 bridgehead atoms. The Morgan fingerprint density at radius 3 is 2.50 bits per heavy atom. The lowest BCUT2D eigenvalue weighted by Gasteiger charge is -2.20. The predicted octanol–water partition coefficient (Wildman–Crippen LogP) is 2.49. The van der Waals surface area contributed by atoms with Crippen molar-refractivity contribution in [1.29, 1.82) is 0 Å². The van der Waals surface area contributed by atoms with E-state index in [1.165, 1.54) is 4.90 Å². The summed E-state index contributed by atoms with van der Waals surface area (Å²) < 4.78 is 10.9. The van der Waals surface area contributed by atoms with Crippen LogP contribution in [0, 0.1) is 13.8 Å². The van der Waals surface area contributed by atoms with E-state index in [2.05, 4.69) is 5.16 Å². The van der Waals surface area contributed by atoms with E-state index in [4.69, 9.17) is 14.4 Å². The fourth-order valence-corrected chi connectivity index (χ4v) is 2.80. The number of nitrogens with zero attached hydrogens (tertiary/aromatic N) is 2. The first-order chi connectivity index (χ1) is 12.4. The third-order valence-electron chi connectivity index (χ3n) is 4.46. The lowest BCUT2D eigenvalue weighted by Crippen LogP contribution is -2.38. The van der Waals surface area contributed by atoms with E-state index in [1.807, 2.05) is 26.0 Å². The van der Waals surface area contributed by atoms with Gasteiger partial charge in [0.05, 0.1) is 17.7 Å². The van der Waals surface area contributed by atoms with Crippen LogP contribution in [0.2, 0.25) is 0 Å². The largest absolute Gasteiger partial charge is 0.489 e. The molecule has 1 saturated carbocycles. The number of rotatable bonds is 8. The maximum Gasteiger partial charge on any atom is 0.323 e. The molecule has 7 nitrogen and oxygen atoms in total. The molecule has 1 N–H and O–H groups in total. The number of benzene rings is 1. The number of carboxylic acids is 1.